The van der Waals surface area contributed by atoms with E-state index >= 15 is 0 Å². The maximum Gasteiger partial charge on any atom is 0.290 e. The molecule has 1 amide bonds. The Hall–Kier alpha value is -1.37. The third-order valence-corrected chi connectivity index (χ3v) is 5.08. The second-order valence-electron chi connectivity index (χ2n) is 5.84. The van der Waals surface area contributed by atoms with Crippen LogP contribution in [-0.2, 0) is 6.54 Å². The van der Waals surface area contributed by atoms with Crippen LogP contribution in [0, 0.1) is 19.8 Å². The highest BCUT2D eigenvalue weighted by Crippen LogP contribution is 2.21. The van der Waals surface area contributed by atoms with Crippen LogP contribution in [0.25, 0.3) is 0 Å². The first-order chi connectivity index (χ1) is 10.6. The molecule has 1 aliphatic heterocycles. The second kappa shape index (κ2) is 7.95. The van der Waals surface area contributed by atoms with E-state index in [1.54, 1.807) is 17.6 Å². The minimum atomic E-state index is -0.0257. The van der Waals surface area contributed by atoms with Crippen LogP contribution in [0.15, 0.2) is 22.3 Å². The number of thiazole rings is 1. The fraction of sp³-hybridized carbons (Fsp3) is 0.500. The van der Waals surface area contributed by atoms with Gasteiger partial charge in [-0.25, -0.2) is 4.98 Å². The van der Waals surface area contributed by atoms with Gasteiger partial charge in [-0.3, -0.25) is 4.79 Å². The molecule has 0 radical (unpaired) electrons. The van der Waals surface area contributed by atoms with Crippen molar-refractivity contribution in [3.63, 3.8) is 0 Å². The highest BCUT2D eigenvalue weighted by molar-refractivity contribution is 7.09. The van der Waals surface area contributed by atoms with Gasteiger partial charge in [-0.1, -0.05) is 0 Å². The van der Waals surface area contributed by atoms with Crippen molar-refractivity contribution in [1.82, 2.24) is 15.2 Å². The number of nitrogens with zero attached hydrogens (tertiary/aromatic N) is 2. The van der Waals surface area contributed by atoms with Gasteiger partial charge in [0.15, 0.2) is 5.76 Å². The normalized spacial score (nSPS) is 17.0. The molecule has 3 rings (SSSR count). The maximum absolute atomic E-state index is 12.8. The molecule has 1 atom stereocenters. The summed E-state index contributed by atoms with van der Waals surface area (Å²) in [6.45, 7) is 7.26. The fourth-order valence-electron chi connectivity index (χ4n) is 2.79. The smallest absolute Gasteiger partial charge is 0.290 e. The molecule has 0 spiro atoms. The minimum Gasteiger partial charge on any atom is -0.459 e. The van der Waals surface area contributed by atoms with Gasteiger partial charge in [-0.05, 0) is 45.3 Å². The Morgan fingerprint density at radius 3 is 2.91 bits per heavy atom. The number of hydrogen-bond donors (Lipinski definition) is 1. The van der Waals surface area contributed by atoms with Gasteiger partial charge in [-0.15, -0.1) is 23.7 Å². The Balaban J connectivity index is 0.00000192. The summed E-state index contributed by atoms with van der Waals surface area (Å²) in [6, 6.07) is 1.83. The summed E-state index contributed by atoms with van der Waals surface area (Å²) < 4.78 is 5.40. The summed E-state index contributed by atoms with van der Waals surface area (Å²) in [6.07, 6.45) is 2.69. The number of furan rings is 1. The van der Waals surface area contributed by atoms with Crippen LogP contribution in [0.5, 0.6) is 0 Å². The molecule has 5 nitrogen and oxygen atoms in total. The Morgan fingerprint density at radius 2 is 2.35 bits per heavy atom. The zero-order chi connectivity index (χ0) is 15.5. The van der Waals surface area contributed by atoms with Crippen molar-refractivity contribution in [2.24, 2.45) is 5.92 Å². The first kappa shape index (κ1) is 18.0. The van der Waals surface area contributed by atoms with Gasteiger partial charge in [0.05, 0.1) is 24.0 Å². The third-order valence-electron chi connectivity index (χ3n) is 4.16. The number of hydrogen-bond acceptors (Lipinski definition) is 5. The van der Waals surface area contributed by atoms with Crippen molar-refractivity contribution < 1.29 is 9.21 Å². The lowest BCUT2D eigenvalue weighted by Gasteiger charge is -2.24. The molecule has 1 N–H and O–H groups in total. The van der Waals surface area contributed by atoms with Crippen LogP contribution in [0.4, 0.5) is 0 Å². The lowest BCUT2D eigenvalue weighted by Crippen LogP contribution is -2.35. The van der Waals surface area contributed by atoms with Crippen molar-refractivity contribution in [2.75, 3.05) is 19.6 Å². The van der Waals surface area contributed by atoms with E-state index < -0.39 is 0 Å². The van der Waals surface area contributed by atoms with Gasteiger partial charge in [0.1, 0.15) is 0 Å². The lowest BCUT2D eigenvalue weighted by atomic mass is 10.1. The Labute approximate surface area is 146 Å². The van der Waals surface area contributed by atoms with Gasteiger partial charge >= 0.3 is 0 Å². The Kier molecular flexibility index (Phi) is 6.21. The average molecular weight is 356 g/mol. The second-order valence-corrected chi connectivity index (χ2v) is 6.78. The van der Waals surface area contributed by atoms with Crippen LogP contribution in [0.3, 0.4) is 0 Å². The van der Waals surface area contributed by atoms with Gasteiger partial charge in [0.2, 0.25) is 0 Å². The summed E-state index contributed by atoms with van der Waals surface area (Å²) in [5.41, 5.74) is 3.73. The van der Waals surface area contributed by atoms with E-state index in [2.05, 4.69) is 10.3 Å². The molecule has 7 heteroatoms. The molecule has 2 aromatic heterocycles. The molecule has 3 heterocycles. The van der Waals surface area contributed by atoms with Gasteiger partial charge in [-0.2, -0.15) is 0 Å². The quantitative estimate of drug-likeness (QED) is 0.895. The van der Waals surface area contributed by atoms with Crippen molar-refractivity contribution >= 4 is 29.7 Å². The maximum atomic E-state index is 12.8. The van der Waals surface area contributed by atoms with Gasteiger partial charge < -0.3 is 14.6 Å². The predicted octanol–water partition coefficient (Wildman–Crippen LogP) is 3.03. The van der Waals surface area contributed by atoms with Gasteiger partial charge in [0, 0.05) is 17.0 Å². The number of amides is 1. The summed E-state index contributed by atoms with van der Waals surface area (Å²) in [5.74, 6) is 0.933. The molecule has 2 aromatic rings. The predicted molar refractivity (Wildman–Crippen MR) is 93.3 cm³/mol. The molecule has 1 saturated heterocycles. The lowest BCUT2D eigenvalue weighted by molar-refractivity contribution is 0.0687. The third kappa shape index (κ3) is 4.13. The van der Waals surface area contributed by atoms with E-state index in [4.69, 9.17) is 4.42 Å². The number of carbonyl (C=O) groups is 1. The fourth-order valence-corrected chi connectivity index (χ4v) is 3.58. The average Bonchev–Trinajstić information content (AvgIpc) is 3.22. The highest BCUT2D eigenvalue weighted by Gasteiger charge is 2.26. The van der Waals surface area contributed by atoms with E-state index in [1.807, 2.05) is 30.3 Å². The molecule has 1 fully saturated rings. The molecule has 0 aromatic carbocycles. The molecular formula is C16H22ClN3O2S. The molecule has 1 unspecified atom stereocenters. The minimum absolute atomic E-state index is 0. The summed E-state index contributed by atoms with van der Waals surface area (Å²) >= 11 is 1.60. The number of aryl methyl sites for hydroxylation is 2. The van der Waals surface area contributed by atoms with E-state index in [0.29, 0.717) is 18.2 Å². The Bertz CT molecular complexity index is 649. The number of rotatable bonds is 5. The summed E-state index contributed by atoms with van der Waals surface area (Å²) in [7, 11) is 0. The van der Waals surface area contributed by atoms with Crippen molar-refractivity contribution in [1.29, 1.82) is 0 Å². The standard InChI is InChI=1S/C16H21N3O2S.ClH/c1-11-4-6-21-15(11)16(20)19(8-13-3-5-17-7-13)9-14-12(2)18-10-22-14;/h4,6,10,13,17H,3,5,7-9H2,1-2H3;1H. The summed E-state index contributed by atoms with van der Waals surface area (Å²) in [5, 5.41) is 3.36. The molecule has 126 valence electrons. The zero-order valence-electron chi connectivity index (χ0n) is 13.4. The number of carbonyl (C=O) groups excluding carboxylic acids is 1. The first-order valence-electron chi connectivity index (χ1n) is 7.58. The van der Waals surface area contributed by atoms with E-state index in [0.717, 1.165) is 42.2 Å². The monoisotopic (exact) mass is 355 g/mol. The number of aromatic nitrogens is 1. The Morgan fingerprint density at radius 1 is 1.52 bits per heavy atom. The molecule has 0 aliphatic carbocycles. The van der Waals surface area contributed by atoms with E-state index in [1.165, 1.54) is 0 Å². The number of halogens is 1. The zero-order valence-corrected chi connectivity index (χ0v) is 15.0. The number of nitrogens with one attached hydrogen (secondary N) is 1. The largest absolute Gasteiger partial charge is 0.459 e. The van der Waals surface area contributed by atoms with Crippen LogP contribution < -0.4 is 5.32 Å². The van der Waals surface area contributed by atoms with E-state index in [9.17, 15) is 4.79 Å². The van der Waals surface area contributed by atoms with Gasteiger partial charge in [0.25, 0.3) is 5.91 Å². The topological polar surface area (TPSA) is 58.4 Å². The molecule has 1 aliphatic rings. The molecular weight excluding hydrogens is 334 g/mol. The van der Waals surface area contributed by atoms with Crippen molar-refractivity contribution in [3.05, 3.63) is 39.7 Å². The van der Waals surface area contributed by atoms with Crippen molar-refractivity contribution in [2.45, 2.75) is 26.8 Å². The molecule has 23 heavy (non-hydrogen) atoms. The highest BCUT2D eigenvalue weighted by atomic mass is 35.5. The SMILES string of the molecule is Cc1ccoc1C(=O)N(Cc1scnc1C)CC1CCNC1.Cl. The summed E-state index contributed by atoms with van der Waals surface area (Å²) in [4.78, 5) is 20.2. The van der Waals surface area contributed by atoms with Crippen LogP contribution in [-0.4, -0.2) is 35.4 Å². The van der Waals surface area contributed by atoms with Crippen LogP contribution >= 0.6 is 23.7 Å². The van der Waals surface area contributed by atoms with Crippen LogP contribution in [0.1, 0.15) is 33.1 Å². The van der Waals surface area contributed by atoms with E-state index in [-0.39, 0.29) is 18.3 Å². The van der Waals surface area contributed by atoms with Crippen LogP contribution in [0.2, 0.25) is 0 Å². The first-order valence-corrected chi connectivity index (χ1v) is 8.46. The molecule has 0 saturated carbocycles. The van der Waals surface area contributed by atoms with Crippen molar-refractivity contribution in [3.8, 4) is 0 Å². The molecule has 0 bridgehead atoms.